The van der Waals surface area contributed by atoms with Gasteiger partial charge in [-0.15, -0.1) is 10.2 Å². The second kappa shape index (κ2) is 12.6. The number of halogens is 3. The van der Waals surface area contributed by atoms with Crippen molar-refractivity contribution in [2.45, 2.75) is 0 Å². The predicted molar refractivity (Wildman–Crippen MR) is 133 cm³/mol. The summed E-state index contributed by atoms with van der Waals surface area (Å²) in [5.74, 6) is 2.40. The highest BCUT2D eigenvalue weighted by atomic mass is 127. The summed E-state index contributed by atoms with van der Waals surface area (Å²) in [5, 5.41) is 26.1. The number of alkyl halides is 1. The second-order valence-corrected chi connectivity index (χ2v) is 7.39. The highest BCUT2D eigenvalue weighted by Gasteiger charge is 2.09. The van der Waals surface area contributed by atoms with Gasteiger partial charge in [0.05, 0.1) is 14.1 Å². The molecule has 4 aromatic rings. The lowest BCUT2D eigenvalue weighted by molar-refractivity contribution is 0.630. The molecule has 0 aliphatic heterocycles. The van der Waals surface area contributed by atoms with Crippen molar-refractivity contribution in [3.63, 3.8) is 0 Å². The zero-order valence-electron chi connectivity index (χ0n) is 17.0. The standard InChI is InChI=1S/C8H9BrN6.C7H7BrN6.CH3I/c1-14(8-11-13-15(2)12-8)7-4-3-6(9)5-10-7;1-14-12-7(11-13-14)10-6-3-2-5(8)4-9-6;1-2/h3-5H,1-2H3;2-4H,1H3,(H,9,10,12);1H3. The Morgan fingerprint density at radius 1 is 0.871 bits per heavy atom. The van der Waals surface area contributed by atoms with E-state index in [1.54, 1.807) is 31.4 Å². The van der Waals surface area contributed by atoms with E-state index in [-0.39, 0.29) is 0 Å². The van der Waals surface area contributed by atoms with E-state index < -0.39 is 0 Å². The maximum atomic E-state index is 4.23. The van der Waals surface area contributed by atoms with E-state index in [1.165, 1.54) is 9.59 Å². The monoisotopic (exact) mass is 664 g/mol. The third kappa shape index (κ3) is 8.06. The van der Waals surface area contributed by atoms with Crippen LogP contribution in [-0.4, -0.2) is 62.4 Å². The lowest BCUT2D eigenvalue weighted by atomic mass is 10.4. The van der Waals surface area contributed by atoms with Gasteiger partial charge in [0.15, 0.2) is 0 Å². The number of rotatable bonds is 4. The van der Waals surface area contributed by atoms with Crippen LogP contribution in [-0.2, 0) is 14.1 Å². The molecule has 0 atom stereocenters. The number of hydrogen-bond acceptors (Lipinski definition) is 10. The van der Waals surface area contributed by atoms with Gasteiger partial charge >= 0.3 is 0 Å². The third-order valence-electron chi connectivity index (χ3n) is 3.33. The van der Waals surface area contributed by atoms with Gasteiger partial charge in [0, 0.05) is 28.4 Å². The van der Waals surface area contributed by atoms with Gasteiger partial charge in [-0.25, -0.2) is 9.97 Å². The molecule has 0 unspecified atom stereocenters. The van der Waals surface area contributed by atoms with Crippen molar-refractivity contribution in [3.05, 3.63) is 45.6 Å². The van der Waals surface area contributed by atoms with E-state index in [0.717, 1.165) is 14.8 Å². The first-order chi connectivity index (χ1) is 14.9. The Labute approximate surface area is 209 Å². The minimum atomic E-state index is 0.433. The van der Waals surface area contributed by atoms with Crippen molar-refractivity contribution in [3.8, 4) is 0 Å². The lowest BCUT2D eigenvalue weighted by Crippen LogP contribution is -2.12. The predicted octanol–water partition coefficient (Wildman–Crippen LogP) is 3.30. The molecular weight excluding hydrogens is 647 g/mol. The number of anilines is 4. The summed E-state index contributed by atoms with van der Waals surface area (Å²) in [6.45, 7) is 0. The summed E-state index contributed by atoms with van der Waals surface area (Å²) >= 11 is 8.77. The molecule has 1 N–H and O–H groups in total. The highest BCUT2D eigenvalue weighted by molar-refractivity contribution is 14.1. The van der Waals surface area contributed by atoms with Crippen molar-refractivity contribution in [2.75, 3.05) is 22.2 Å². The van der Waals surface area contributed by atoms with Gasteiger partial charge in [0.25, 0.3) is 11.9 Å². The molecule has 0 aromatic carbocycles. The van der Waals surface area contributed by atoms with Crippen molar-refractivity contribution >= 4 is 78.0 Å². The molecule has 4 heterocycles. The lowest BCUT2D eigenvalue weighted by Gasteiger charge is -2.12. The van der Waals surface area contributed by atoms with Crippen LogP contribution in [0.4, 0.5) is 23.5 Å². The molecule has 4 aromatic heterocycles. The van der Waals surface area contributed by atoms with Gasteiger partial charge < -0.3 is 5.32 Å². The van der Waals surface area contributed by atoms with Crippen LogP contribution in [0.5, 0.6) is 0 Å². The van der Waals surface area contributed by atoms with Crippen LogP contribution in [0.25, 0.3) is 0 Å². The quantitative estimate of drug-likeness (QED) is 0.256. The average Bonchev–Trinajstić information content (AvgIpc) is 3.40. The first kappa shape index (κ1) is 25.0. The fraction of sp³-hybridized carbons (Fsp3) is 0.250. The third-order valence-corrected chi connectivity index (χ3v) is 4.27. The smallest absolute Gasteiger partial charge is 0.271 e. The number of pyridine rings is 2. The fourth-order valence-corrected chi connectivity index (χ4v) is 2.44. The van der Waals surface area contributed by atoms with E-state index in [0.29, 0.717) is 17.7 Å². The fourth-order valence-electron chi connectivity index (χ4n) is 1.98. The molecule has 0 saturated heterocycles. The molecule has 15 heteroatoms. The number of hydrogen-bond donors (Lipinski definition) is 1. The summed E-state index contributed by atoms with van der Waals surface area (Å²) in [6, 6.07) is 7.49. The van der Waals surface area contributed by atoms with Crippen LogP contribution < -0.4 is 10.2 Å². The molecule has 4 rings (SSSR count). The zero-order chi connectivity index (χ0) is 22.8. The second-order valence-electron chi connectivity index (χ2n) is 5.56. The number of nitrogens with one attached hydrogen (secondary N) is 1. The van der Waals surface area contributed by atoms with Gasteiger partial charge in [-0.05, 0) is 71.5 Å². The number of tetrazole rings is 2. The summed E-state index contributed by atoms with van der Waals surface area (Å²) in [6.07, 6.45) is 3.42. The molecule has 31 heavy (non-hydrogen) atoms. The summed E-state index contributed by atoms with van der Waals surface area (Å²) in [7, 11) is 5.26. The molecule has 0 radical (unpaired) electrons. The Kier molecular flexibility index (Phi) is 10.1. The Morgan fingerprint density at radius 3 is 1.97 bits per heavy atom. The van der Waals surface area contributed by atoms with Crippen molar-refractivity contribution in [1.82, 2.24) is 50.4 Å². The molecule has 0 fully saturated rings. The summed E-state index contributed by atoms with van der Waals surface area (Å²) in [4.78, 5) is 14.9. The van der Waals surface area contributed by atoms with Crippen LogP contribution in [0.1, 0.15) is 0 Å². The van der Waals surface area contributed by atoms with E-state index in [9.17, 15) is 0 Å². The first-order valence-electron chi connectivity index (χ1n) is 8.50. The van der Waals surface area contributed by atoms with Gasteiger partial charge in [-0.2, -0.15) is 9.59 Å². The maximum Gasteiger partial charge on any atom is 0.271 e. The SMILES string of the molecule is CI.CN(c1ccc(Br)cn1)c1nnn(C)n1.Cn1nnc(Nc2ccc(Br)cn2)n1. The van der Waals surface area contributed by atoms with Gasteiger partial charge in [0.1, 0.15) is 11.6 Å². The van der Waals surface area contributed by atoms with Crippen LogP contribution in [0.3, 0.4) is 0 Å². The number of nitrogens with zero attached hydrogens (tertiary/aromatic N) is 11. The highest BCUT2D eigenvalue weighted by Crippen LogP contribution is 2.18. The van der Waals surface area contributed by atoms with E-state index in [2.05, 4.69) is 101 Å². The van der Waals surface area contributed by atoms with E-state index in [4.69, 9.17) is 0 Å². The van der Waals surface area contributed by atoms with Crippen LogP contribution >= 0.6 is 54.5 Å². The topological polar surface area (TPSA) is 128 Å². The van der Waals surface area contributed by atoms with Gasteiger partial charge in [-0.1, -0.05) is 32.8 Å². The van der Waals surface area contributed by atoms with E-state index in [1.807, 2.05) is 36.2 Å². The molecule has 0 amide bonds. The van der Waals surface area contributed by atoms with Crippen molar-refractivity contribution in [1.29, 1.82) is 0 Å². The van der Waals surface area contributed by atoms with Crippen LogP contribution in [0.2, 0.25) is 0 Å². The van der Waals surface area contributed by atoms with E-state index >= 15 is 0 Å². The minimum Gasteiger partial charge on any atom is -0.306 e. The van der Waals surface area contributed by atoms with Gasteiger partial charge in [0.2, 0.25) is 0 Å². The summed E-state index contributed by atoms with van der Waals surface area (Å²) < 4.78 is 1.86. The molecular formula is C16H19Br2IN12. The largest absolute Gasteiger partial charge is 0.306 e. The first-order valence-corrected chi connectivity index (χ1v) is 12.2. The molecule has 0 aliphatic rings. The van der Waals surface area contributed by atoms with Crippen molar-refractivity contribution in [2.24, 2.45) is 14.1 Å². The molecule has 0 aliphatic carbocycles. The van der Waals surface area contributed by atoms with Crippen LogP contribution in [0.15, 0.2) is 45.6 Å². The Bertz CT molecular complexity index is 1050. The average molecular weight is 666 g/mol. The van der Waals surface area contributed by atoms with Crippen molar-refractivity contribution < 1.29 is 0 Å². The summed E-state index contributed by atoms with van der Waals surface area (Å²) in [5.41, 5.74) is 0. The molecule has 0 bridgehead atoms. The number of aromatic nitrogens is 10. The Morgan fingerprint density at radius 2 is 1.48 bits per heavy atom. The molecule has 0 saturated carbocycles. The Balaban J connectivity index is 0.000000204. The Hall–Kier alpha value is -2.27. The number of aryl methyl sites for hydroxylation is 2. The van der Waals surface area contributed by atoms with Crippen LogP contribution in [0, 0.1) is 0 Å². The molecule has 0 spiro atoms. The van der Waals surface area contributed by atoms with Gasteiger partial charge in [-0.3, -0.25) is 4.90 Å². The zero-order valence-corrected chi connectivity index (χ0v) is 22.3. The maximum absolute atomic E-state index is 4.23. The normalized spacial score (nSPS) is 9.77. The molecule has 12 nitrogen and oxygen atoms in total. The molecule has 164 valence electrons. The minimum absolute atomic E-state index is 0.433.